The largest absolute Gasteiger partial charge is 0.324 e. The molecule has 15 heavy (non-hydrogen) atoms. The van der Waals surface area contributed by atoms with Crippen molar-refractivity contribution in [1.82, 2.24) is 14.8 Å². The van der Waals surface area contributed by atoms with E-state index in [1.807, 2.05) is 13.0 Å². The van der Waals surface area contributed by atoms with Crippen molar-refractivity contribution in [2.75, 3.05) is 5.75 Å². The molecule has 0 saturated carbocycles. The van der Waals surface area contributed by atoms with Crippen LogP contribution in [-0.4, -0.2) is 20.5 Å². The maximum Gasteiger partial charge on any atom is 0.191 e. The molecule has 4 nitrogen and oxygen atoms in total. The van der Waals surface area contributed by atoms with Gasteiger partial charge in [0, 0.05) is 11.8 Å². The number of aromatic nitrogens is 3. The third-order valence-electron chi connectivity index (χ3n) is 1.98. The van der Waals surface area contributed by atoms with Crippen LogP contribution in [0.2, 0.25) is 0 Å². The normalized spacial score (nSPS) is 11.8. The van der Waals surface area contributed by atoms with Crippen LogP contribution in [0.3, 0.4) is 0 Å². The van der Waals surface area contributed by atoms with Crippen molar-refractivity contribution in [2.24, 2.45) is 5.73 Å². The number of hydrogen-bond acceptors (Lipinski definition) is 4. The van der Waals surface area contributed by atoms with E-state index in [1.54, 1.807) is 11.8 Å². The first-order chi connectivity index (χ1) is 7.20. The van der Waals surface area contributed by atoms with Crippen molar-refractivity contribution in [3.63, 3.8) is 0 Å². The Bertz CT molecular complexity index is 330. The molecule has 0 aliphatic heterocycles. The van der Waals surface area contributed by atoms with Crippen LogP contribution in [0, 0.1) is 0 Å². The van der Waals surface area contributed by atoms with Gasteiger partial charge in [0.05, 0.1) is 6.54 Å². The molecule has 5 heteroatoms. The average molecular weight is 226 g/mol. The fourth-order valence-corrected chi connectivity index (χ4v) is 2.27. The Morgan fingerprint density at radius 3 is 2.73 bits per heavy atom. The smallest absolute Gasteiger partial charge is 0.191 e. The third kappa shape index (κ3) is 3.07. The zero-order valence-electron chi connectivity index (χ0n) is 9.47. The first kappa shape index (κ1) is 12.3. The predicted octanol–water partition coefficient (Wildman–Crippen LogP) is 1.99. The number of nitrogens with zero attached hydrogens (tertiary/aromatic N) is 3. The van der Waals surface area contributed by atoms with Gasteiger partial charge in [0.1, 0.15) is 5.82 Å². The average Bonchev–Trinajstić information content (AvgIpc) is 2.61. The second kappa shape index (κ2) is 5.92. The van der Waals surface area contributed by atoms with Gasteiger partial charge in [0.15, 0.2) is 5.16 Å². The summed E-state index contributed by atoms with van der Waals surface area (Å²) in [4.78, 5) is 0. The Labute approximate surface area is 95.0 Å². The lowest BCUT2D eigenvalue weighted by molar-refractivity contribution is 0.526. The Kier molecular flexibility index (Phi) is 4.84. The van der Waals surface area contributed by atoms with Crippen LogP contribution in [0.1, 0.15) is 32.6 Å². The van der Waals surface area contributed by atoms with E-state index in [2.05, 4.69) is 34.7 Å². The van der Waals surface area contributed by atoms with E-state index in [1.165, 1.54) is 0 Å². The van der Waals surface area contributed by atoms with Crippen LogP contribution >= 0.6 is 11.8 Å². The lowest BCUT2D eigenvalue weighted by Crippen LogP contribution is -2.11. The second-order valence-corrected chi connectivity index (χ2v) is 4.43. The molecule has 0 aliphatic carbocycles. The van der Waals surface area contributed by atoms with Gasteiger partial charge in [-0.05, 0) is 20.8 Å². The molecule has 0 spiro atoms. The van der Waals surface area contributed by atoms with Gasteiger partial charge in [-0.15, -0.1) is 10.2 Å². The minimum Gasteiger partial charge on any atom is -0.324 e. The van der Waals surface area contributed by atoms with E-state index in [-0.39, 0.29) is 0 Å². The summed E-state index contributed by atoms with van der Waals surface area (Å²) >= 11 is 1.68. The molecular weight excluding hydrogens is 208 g/mol. The summed E-state index contributed by atoms with van der Waals surface area (Å²) in [5, 5.41) is 9.17. The Hall–Kier alpha value is -0.810. The zero-order chi connectivity index (χ0) is 11.3. The molecule has 2 N–H and O–H groups in total. The standard InChI is InChI=1S/C10H18N4S/c1-4-5-6-15-10-13-12-9(7-11)14(10)8(2)3/h4-5,8H,6-7,11H2,1-3H3. The van der Waals surface area contributed by atoms with Crippen molar-refractivity contribution >= 4 is 11.8 Å². The summed E-state index contributed by atoms with van der Waals surface area (Å²) in [5.74, 6) is 1.78. The van der Waals surface area contributed by atoms with Crippen LogP contribution in [0.15, 0.2) is 17.3 Å². The van der Waals surface area contributed by atoms with Gasteiger partial charge in [0.25, 0.3) is 0 Å². The molecule has 1 aromatic heterocycles. The molecule has 0 amide bonds. The number of allylic oxidation sites excluding steroid dienone is 1. The van der Waals surface area contributed by atoms with Gasteiger partial charge >= 0.3 is 0 Å². The molecule has 1 rings (SSSR count). The molecule has 0 radical (unpaired) electrons. The predicted molar refractivity (Wildman–Crippen MR) is 63.8 cm³/mol. The van der Waals surface area contributed by atoms with Crippen LogP contribution in [0.4, 0.5) is 0 Å². The fourth-order valence-electron chi connectivity index (χ4n) is 1.28. The molecule has 0 saturated heterocycles. The van der Waals surface area contributed by atoms with E-state index in [0.717, 1.165) is 16.7 Å². The quantitative estimate of drug-likeness (QED) is 0.616. The molecule has 0 bridgehead atoms. The Balaban J connectivity index is 2.82. The van der Waals surface area contributed by atoms with Gasteiger partial charge in [0.2, 0.25) is 0 Å². The third-order valence-corrected chi connectivity index (χ3v) is 2.87. The highest BCUT2D eigenvalue weighted by Gasteiger charge is 2.12. The van der Waals surface area contributed by atoms with Crippen LogP contribution in [-0.2, 0) is 6.54 Å². The van der Waals surface area contributed by atoms with E-state index in [4.69, 9.17) is 5.73 Å². The van der Waals surface area contributed by atoms with Gasteiger partial charge in [-0.25, -0.2) is 0 Å². The maximum atomic E-state index is 5.61. The van der Waals surface area contributed by atoms with Gasteiger partial charge < -0.3 is 10.3 Å². The van der Waals surface area contributed by atoms with Crippen molar-refractivity contribution in [3.05, 3.63) is 18.0 Å². The van der Waals surface area contributed by atoms with Crippen molar-refractivity contribution in [3.8, 4) is 0 Å². The minimum absolute atomic E-state index is 0.353. The number of thioether (sulfide) groups is 1. The SMILES string of the molecule is CC=CCSc1nnc(CN)n1C(C)C. The van der Waals surface area contributed by atoms with Crippen LogP contribution in [0.25, 0.3) is 0 Å². The topological polar surface area (TPSA) is 56.7 Å². The first-order valence-electron chi connectivity index (χ1n) is 5.08. The minimum atomic E-state index is 0.353. The molecule has 84 valence electrons. The maximum absolute atomic E-state index is 5.61. The van der Waals surface area contributed by atoms with Gasteiger partial charge in [-0.3, -0.25) is 0 Å². The summed E-state index contributed by atoms with van der Waals surface area (Å²) in [6.45, 7) is 6.68. The fraction of sp³-hybridized carbons (Fsp3) is 0.600. The van der Waals surface area contributed by atoms with Crippen LogP contribution in [0.5, 0.6) is 0 Å². The lowest BCUT2D eigenvalue weighted by atomic mass is 10.4. The summed E-state index contributed by atoms with van der Waals surface area (Å²) in [6.07, 6.45) is 4.14. The molecule has 0 unspecified atom stereocenters. The van der Waals surface area contributed by atoms with Crippen LogP contribution < -0.4 is 5.73 Å². The summed E-state index contributed by atoms with van der Waals surface area (Å²) in [6, 6.07) is 0.353. The van der Waals surface area contributed by atoms with E-state index < -0.39 is 0 Å². The van der Waals surface area contributed by atoms with E-state index in [0.29, 0.717) is 12.6 Å². The first-order valence-corrected chi connectivity index (χ1v) is 6.07. The van der Waals surface area contributed by atoms with E-state index in [9.17, 15) is 0 Å². The monoisotopic (exact) mass is 226 g/mol. The molecule has 1 aromatic rings. The molecule has 0 aliphatic rings. The molecule has 0 fully saturated rings. The highest BCUT2D eigenvalue weighted by atomic mass is 32.2. The Morgan fingerprint density at radius 1 is 1.47 bits per heavy atom. The van der Waals surface area contributed by atoms with Crippen molar-refractivity contribution < 1.29 is 0 Å². The second-order valence-electron chi connectivity index (χ2n) is 3.45. The molecule has 0 atom stereocenters. The van der Waals surface area contributed by atoms with Gasteiger partial charge in [-0.1, -0.05) is 23.9 Å². The lowest BCUT2D eigenvalue weighted by Gasteiger charge is -2.11. The molecule has 0 aromatic carbocycles. The summed E-state index contributed by atoms with van der Waals surface area (Å²) in [5.41, 5.74) is 5.61. The number of nitrogens with two attached hydrogens (primary N) is 1. The van der Waals surface area contributed by atoms with Crippen molar-refractivity contribution in [1.29, 1.82) is 0 Å². The van der Waals surface area contributed by atoms with Crippen molar-refractivity contribution in [2.45, 2.75) is 38.5 Å². The summed E-state index contributed by atoms with van der Waals surface area (Å²) < 4.78 is 2.09. The number of rotatable bonds is 5. The van der Waals surface area contributed by atoms with Gasteiger partial charge in [-0.2, -0.15) is 0 Å². The highest BCUT2D eigenvalue weighted by molar-refractivity contribution is 7.99. The molecular formula is C10H18N4S. The number of hydrogen-bond donors (Lipinski definition) is 1. The van der Waals surface area contributed by atoms with E-state index >= 15 is 0 Å². The summed E-state index contributed by atoms with van der Waals surface area (Å²) in [7, 11) is 0. The molecule has 1 heterocycles. The Morgan fingerprint density at radius 2 is 2.20 bits per heavy atom. The zero-order valence-corrected chi connectivity index (χ0v) is 10.3. The highest BCUT2D eigenvalue weighted by Crippen LogP contribution is 2.21.